The van der Waals surface area contributed by atoms with Crippen molar-refractivity contribution in [1.82, 2.24) is 15.5 Å². The van der Waals surface area contributed by atoms with E-state index in [4.69, 9.17) is 0 Å². The van der Waals surface area contributed by atoms with Gasteiger partial charge in [0.2, 0.25) is 5.91 Å². The third-order valence-electron chi connectivity index (χ3n) is 3.94. The van der Waals surface area contributed by atoms with E-state index in [2.05, 4.69) is 15.5 Å². The summed E-state index contributed by atoms with van der Waals surface area (Å²) in [5, 5.41) is 6.10. The summed E-state index contributed by atoms with van der Waals surface area (Å²) in [5.41, 5.74) is 0.912. The molecule has 5 heteroatoms. The predicted octanol–water partition coefficient (Wildman–Crippen LogP) is 1.52. The summed E-state index contributed by atoms with van der Waals surface area (Å²) in [7, 11) is 1.95. The Morgan fingerprint density at radius 2 is 2.10 bits per heavy atom. The lowest BCUT2D eigenvalue weighted by atomic mass is 10.0. The first kappa shape index (κ1) is 15.9. The summed E-state index contributed by atoms with van der Waals surface area (Å²) >= 11 is 0. The Morgan fingerprint density at radius 3 is 2.81 bits per heavy atom. The lowest BCUT2D eigenvalue weighted by Crippen LogP contribution is -2.48. The quantitative estimate of drug-likeness (QED) is 0.836. The number of piperidine rings is 1. The van der Waals surface area contributed by atoms with Crippen LogP contribution in [0.25, 0.3) is 0 Å². The SMILES string of the molecule is CNCC1CCCCN1CC(=O)NCc1ccc(F)cc1. The fourth-order valence-electron chi connectivity index (χ4n) is 2.78. The van der Waals surface area contributed by atoms with Gasteiger partial charge in [0.25, 0.3) is 0 Å². The van der Waals surface area contributed by atoms with Gasteiger partial charge in [0.05, 0.1) is 6.54 Å². The fraction of sp³-hybridized carbons (Fsp3) is 0.562. The van der Waals surface area contributed by atoms with Crippen LogP contribution in [0.2, 0.25) is 0 Å². The number of nitrogens with one attached hydrogen (secondary N) is 2. The molecule has 0 radical (unpaired) electrons. The summed E-state index contributed by atoms with van der Waals surface area (Å²) in [4.78, 5) is 14.3. The van der Waals surface area contributed by atoms with Crippen LogP contribution < -0.4 is 10.6 Å². The monoisotopic (exact) mass is 293 g/mol. The van der Waals surface area contributed by atoms with Crippen LogP contribution in [0.1, 0.15) is 24.8 Å². The van der Waals surface area contributed by atoms with Crippen LogP contribution in [-0.4, -0.2) is 43.5 Å². The highest BCUT2D eigenvalue weighted by Gasteiger charge is 2.23. The molecule has 0 spiro atoms. The molecule has 1 unspecified atom stereocenters. The third kappa shape index (κ3) is 5.10. The Hall–Kier alpha value is -1.46. The standard InChI is InChI=1S/C16H24FN3O/c1-18-11-15-4-2-3-9-20(15)12-16(21)19-10-13-5-7-14(17)8-6-13/h5-8,15,18H,2-4,9-12H2,1H3,(H,19,21). The van der Waals surface area contributed by atoms with Gasteiger partial charge >= 0.3 is 0 Å². The highest BCUT2D eigenvalue weighted by atomic mass is 19.1. The molecule has 1 amide bonds. The van der Waals surface area contributed by atoms with E-state index < -0.39 is 0 Å². The maximum absolute atomic E-state index is 12.8. The van der Waals surface area contributed by atoms with Gasteiger partial charge in [-0.25, -0.2) is 4.39 Å². The van der Waals surface area contributed by atoms with Crippen molar-refractivity contribution < 1.29 is 9.18 Å². The third-order valence-corrected chi connectivity index (χ3v) is 3.94. The largest absolute Gasteiger partial charge is 0.351 e. The van der Waals surface area contributed by atoms with Crippen molar-refractivity contribution in [2.24, 2.45) is 0 Å². The Balaban J connectivity index is 1.78. The molecular formula is C16H24FN3O. The van der Waals surface area contributed by atoms with E-state index in [1.807, 2.05) is 7.05 Å². The van der Waals surface area contributed by atoms with Gasteiger partial charge < -0.3 is 10.6 Å². The van der Waals surface area contributed by atoms with Crippen LogP contribution in [-0.2, 0) is 11.3 Å². The van der Waals surface area contributed by atoms with Crippen molar-refractivity contribution in [2.45, 2.75) is 31.8 Å². The predicted molar refractivity (Wildman–Crippen MR) is 81.4 cm³/mol. The van der Waals surface area contributed by atoms with Crippen molar-refractivity contribution in [3.63, 3.8) is 0 Å². The van der Waals surface area contributed by atoms with E-state index in [-0.39, 0.29) is 11.7 Å². The van der Waals surface area contributed by atoms with Crippen LogP contribution in [0.15, 0.2) is 24.3 Å². The molecule has 116 valence electrons. The van der Waals surface area contributed by atoms with Crippen molar-refractivity contribution in [2.75, 3.05) is 26.7 Å². The van der Waals surface area contributed by atoms with Crippen molar-refractivity contribution >= 4 is 5.91 Å². The number of benzene rings is 1. The second kappa shape index (κ2) is 8.10. The van der Waals surface area contributed by atoms with Crippen LogP contribution >= 0.6 is 0 Å². The molecule has 0 bridgehead atoms. The second-order valence-electron chi connectivity index (χ2n) is 5.58. The molecule has 21 heavy (non-hydrogen) atoms. The smallest absolute Gasteiger partial charge is 0.234 e. The normalized spacial score (nSPS) is 19.4. The van der Waals surface area contributed by atoms with Crippen molar-refractivity contribution in [3.05, 3.63) is 35.6 Å². The number of halogens is 1. The van der Waals surface area contributed by atoms with E-state index in [1.54, 1.807) is 12.1 Å². The zero-order valence-corrected chi connectivity index (χ0v) is 12.6. The minimum Gasteiger partial charge on any atom is -0.351 e. The average molecular weight is 293 g/mol. The first-order valence-electron chi connectivity index (χ1n) is 7.59. The number of nitrogens with zero attached hydrogens (tertiary/aromatic N) is 1. The topological polar surface area (TPSA) is 44.4 Å². The molecule has 1 heterocycles. The van der Waals surface area contributed by atoms with Crippen LogP contribution in [0.4, 0.5) is 4.39 Å². The van der Waals surface area contributed by atoms with E-state index in [0.717, 1.165) is 31.5 Å². The lowest BCUT2D eigenvalue weighted by molar-refractivity contribution is -0.123. The van der Waals surface area contributed by atoms with E-state index in [0.29, 0.717) is 19.1 Å². The molecule has 2 N–H and O–H groups in total. The van der Waals surface area contributed by atoms with Gasteiger partial charge in [0.1, 0.15) is 5.82 Å². The summed E-state index contributed by atoms with van der Waals surface area (Å²) in [6, 6.07) is 6.66. The van der Waals surface area contributed by atoms with E-state index in [9.17, 15) is 9.18 Å². The molecule has 1 aromatic carbocycles. The van der Waals surface area contributed by atoms with Crippen molar-refractivity contribution in [3.8, 4) is 0 Å². The Morgan fingerprint density at radius 1 is 1.33 bits per heavy atom. The molecule has 0 aliphatic carbocycles. The number of likely N-dealkylation sites (N-methyl/N-ethyl adjacent to an activating group) is 1. The summed E-state index contributed by atoms with van der Waals surface area (Å²) in [6.07, 6.45) is 3.54. The number of hydrogen-bond donors (Lipinski definition) is 2. The number of carbonyl (C=O) groups excluding carboxylic acids is 1. The lowest BCUT2D eigenvalue weighted by Gasteiger charge is -2.35. The number of amides is 1. The first-order valence-corrected chi connectivity index (χ1v) is 7.59. The molecule has 1 aliphatic rings. The number of likely N-dealkylation sites (tertiary alicyclic amines) is 1. The van der Waals surface area contributed by atoms with Gasteiger partial charge in [0, 0.05) is 19.1 Å². The maximum Gasteiger partial charge on any atom is 0.234 e. The average Bonchev–Trinajstić information content (AvgIpc) is 2.49. The van der Waals surface area contributed by atoms with Gasteiger partial charge in [-0.05, 0) is 44.1 Å². The fourth-order valence-corrected chi connectivity index (χ4v) is 2.78. The van der Waals surface area contributed by atoms with E-state index >= 15 is 0 Å². The Labute approximate surface area is 125 Å². The number of rotatable bonds is 6. The van der Waals surface area contributed by atoms with Gasteiger partial charge in [-0.15, -0.1) is 0 Å². The molecular weight excluding hydrogens is 269 g/mol. The molecule has 1 atom stereocenters. The minimum absolute atomic E-state index is 0.0299. The summed E-state index contributed by atoms with van der Waals surface area (Å²) < 4.78 is 12.8. The van der Waals surface area contributed by atoms with Crippen LogP contribution in [0.3, 0.4) is 0 Å². The molecule has 1 saturated heterocycles. The number of carbonyl (C=O) groups is 1. The summed E-state index contributed by atoms with van der Waals surface area (Å²) in [5.74, 6) is -0.226. The first-order chi connectivity index (χ1) is 10.2. The second-order valence-corrected chi connectivity index (χ2v) is 5.58. The van der Waals surface area contributed by atoms with Gasteiger partial charge in [0.15, 0.2) is 0 Å². The molecule has 0 aromatic heterocycles. The minimum atomic E-state index is -0.256. The Bertz CT molecular complexity index is 447. The summed E-state index contributed by atoms with van der Waals surface area (Å²) in [6.45, 7) is 2.79. The molecule has 1 fully saturated rings. The zero-order chi connectivity index (χ0) is 15.1. The molecule has 2 rings (SSSR count). The highest BCUT2D eigenvalue weighted by molar-refractivity contribution is 5.78. The van der Waals surface area contributed by atoms with Gasteiger partial charge in [-0.2, -0.15) is 0 Å². The molecule has 1 aliphatic heterocycles. The molecule has 0 saturated carbocycles. The van der Waals surface area contributed by atoms with E-state index in [1.165, 1.54) is 18.6 Å². The maximum atomic E-state index is 12.8. The van der Waals surface area contributed by atoms with Gasteiger partial charge in [-0.3, -0.25) is 9.69 Å². The highest BCUT2D eigenvalue weighted by Crippen LogP contribution is 2.15. The van der Waals surface area contributed by atoms with Gasteiger partial charge in [-0.1, -0.05) is 18.6 Å². The molecule has 1 aromatic rings. The number of hydrogen-bond acceptors (Lipinski definition) is 3. The molecule has 4 nitrogen and oxygen atoms in total. The zero-order valence-electron chi connectivity index (χ0n) is 12.6. The van der Waals surface area contributed by atoms with Crippen LogP contribution in [0, 0.1) is 5.82 Å². The van der Waals surface area contributed by atoms with Crippen molar-refractivity contribution in [1.29, 1.82) is 0 Å². The van der Waals surface area contributed by atoms with Crippen LogP contribution in [0.5, 0.6) is 0 Å². The Kier molecular flexibility index (Phi) is 6.14.